The van der Waals surface area contributed by atoms with Gasteiger partial charge in [-0.05, 0) is 17.2 Å². The van der Waals surface area contributed by atoms with E-state index in [0.717, 1.165) is 5.56 Å². The molecule has 0 saturated carbocycles. The molecule has 104 valence electrons. The van der Waals surface area contributed by atoms with Crippen molar-refractivity contribution in [3.63, 3.8) is 0 Å². The van der Waals surface area contributed by atoms with Gasteiger partial charge in [0.05, 0.1) is 13.5 Å². The molecule has 0 aliphatic rings. The molecular formula is C16H16O4. The van der Waals surface area contributed by atoms with E-state index in [9.17, 15) is 15.0 Å². The predicted octanol–water partition coefficient (Wildman–Crippen LogP) is 2.19. The highest BCUT2D eigenvalue weighted by Gasteiger charge is 2.13. The first-order valence-electron chi connectivity index (χ1n) is 6.23. The number of phenols is 1. The van der Waals surface area contributed by atoms with Crippen molar-refractivity contribution in [1.29, 1.82) is 0 Å². The Hall–Kier alpha value is -2.33. The summed E-state index contributed by atoms with van der Waals surface area (Å²) < 4.78 is 4.56. The summed E-state index contributed by atoms with van der Waals surface area (Å²) in [6.45, 7) is 0. The van der Waals surface area contributed by atoms with Gasteiger partial charge < -0.3 is 14.9 Å². The number of methoxy groups -OCH3 is 1. The average molecular weight is 272 g/mol. The Balaban J connectivity index is 2.23. The number of esters is 1. The van der Waals surface area contributed by atoms with Crippen LogP contribution in [0.5, 0.6) is 5.75 Å². The van der Waals surface area contributed by atoms with Crippen LogP contribution in [0.1, 0.15) is 22.8 Å². The maximum absolute atomic E-state index is 11.2. The number of hydrogen-bond acceptors (Lipinski definition) is 4. The van der Waals surface area contributed by atoms with Crippen molar-refractivity contribution in [3.05, 3.63) is 65.2 Å². The Bertz CT molecular complexity index is 593. The summed E-state index contributed by atoms with van der Waals surface area (Å²) in [6, 6.07) is 13.9. The maximum Gasteiger partial charge on any atom is 0.310 e. The van der Waals surface area contributed by atoms with Crippen LogP contribution in [0, 0.1) is 0 Å². The molecule has 20 heavy (non-hydrogen) atoms. The molecule has 0 aromatic heterocycles. The smallest absolute Gasteiger partial charge is 0.310 e. The molecule has 1 atom stereocenters. The molecule has 0 radical (unpaired) electrons. The van der Waals surface area contributed by atoms with Crippen LogP contribution in [0.4, 0.5) is 0 Å². The minimum Gasteiger partial charge on any atom is -0.508 e. The van der Waals surface area contributed by atoms with E-state index < -0.39 is 12.1 Å². The van der Waals surface area contributed by atoms with Gasteiger partial charge in [-0.3, -0.25) is 4.79 Å². The topological polar surface area (TPSA) is 66.8 Å². The van der Waals surface area contributed by atoms with Crippen LogP contribution in [0.15, 0.2) is 48.5 Å². The van der Waals surface area contributed by atoms with Gasteiger partial charge in [0, 0.05) is 5.56 Å². The van der Waals surface area contributed by atoms with Gasteiger partial charge in [0.15, 0.2) is 0 Å². The summed E-state index contributed by atoms with van der Waals surface area (Å²) in [5, 5.41) is 20.1. The summed E-state index contributed by atoms with van der Waals surface area (Å²) >= 11 is 0. The van der Waals surface area contributed by atoms with Crippen LogP contribution in [0.2, 0.25) is 0 Å². The molecule has 0 saturated heterocycles. The molecule has 1 unspecified atom stereocenters. The van der Waals surface area contributed by atoms with Gasteiger partial charge in [-0.2, -0.15) is 0 Å². The second kappa shape index (κ2) is 6.21. The molecule has 2 rings (SSSR count). The number of benzene rings is 2. The Morgan fingerprint density at radius 3 is 2.45 bits per heavy atom. The lowest BCUT2D eigenvalue weighted by atomic mass is 9.99. The number of carbonyl (C=O) groups excluding carboxylic acids is 1. The van der Waals surface area contributed by atoms with Gasteiger partial charge in [-0.1, -0.05) is 42.5 Å². The standard InChI is InChI=1S/C16H16O4/c1-20-15(18)10-12-7-8-13(9-14(12)17)16(19)11-5-3-2-4-6-11/h2-9,16-17,19H,10H2,1H3. The lowest BCUT2D eigenvalue weighted by Crippen LogP contribution is -2.05. The molecule has 0 heterocycles. The second-order valence-electron chi connectivity index (χ2n) is 4.45. The number of aromatic hydroxyl groups is 1. The van der Waals surface area contributed by atoms with Gasteiger partial charge in [-0.25, -0.2) is 0 Å². The Kier molecular flexibility index (Phi) is 4.38. The highest BCUT2D eigenvalue weighted by atomic mass is 16.5. The van der Waals surface area contributed by atoms with Crippen molar-refractivity contribution in [2.45, 2.75) is 12.5 Å². The number of aliphatic hydroxyl groups excluding tert-OH is 1. The quantitative estimate of drug-likeness (QED) is 0.837. The maximum atomic E-state index is 11.2. The first-order valence-corrected chi connectivity index (χ1v) is 6.23. The Morgan fingerprint density at radius 1 is 1.15 bits per heavy atom. The van der Waals surface area contributed by atoms with Crippen molar-refractivity contribution in [3.8, 4) is 5.75 Å². The predicted molar refractivity (Wildman–Crippen MR) is 74.3 cm³/mol. The van der Waals surface area contributed by atoms with E-state index >= 15 is 0 Å². The summed E-state index contributed by atoms with van der Waals surface area (Å²) in [7, 11) is 1.30. The average Bonchev–Trinajstić information content (AvgIpc) is 2.49. The van der Waals surface area contributed by atoms with Crippen LogP contribution in [0.3, 0.4) is 0 Å². The number of hydrogen-bond donors (Lipinski definition) is 2. The third-order valence-corrected chi connectivity index (χ3v) is 3.10. The summed E-state index contributed by atoms with van der Waals surface area (Å²) in [4.78, 5) is 11.2. The van der Waals surface area contributed by atoms with Gasteiger partial charge in [0.25, 0.3) is 0 Å². The Labute approximate surface area is 117 Å². The zero-order chi connectivity index (χ0) is 14.5. The zero-order valence-electron chi connectivity index (χ0n) is 11.1. The van der Waals surface area contributed by atoms with Gasteiger partial charge in [0.1, 0.15) is 11.9 Å². The van der Waals surface area contributed by atoms with Crippen LogP contribution in [-0.2, 0) is 16.0 Å². The molecule has 0 bridgehead atoms. The summed E-state index contributed by atoms with van der Waals surface area (Å²) in [5.41, 5.74) is 1.79. The summed E-state index contributed by atoms with van der Waals surface area (Å²) in [5.74, 6) is -0.445. The molecule has 0 aliphatic heterocycles. The molecule has 4 nitrogen and oxygen atoms in total. The van der Waals surface area contributed by atoms with Crippen molar-refractivity contribution in [2.75, 3.05) is 7.11 Å². The zero-order valence-corrected chi connectivity index (χ0v) is 11.1. The highest BCUT2D eigenvalue weighted by molar-refractivity contribution is 5.73. The molecular weight excluding hydrogens is 256 g/mol. The molecule has 4 heteroatoms. The normalized spacial score (nSPS) is 11.9. The van der Waals surface area contributed by atoms with Crippen LogP contribution < -0.4 is 0 Å². The molecule has 0 spiro atoms. The van der Waals surface area contributed by atoms with Crippen LogP contribution in [0.25, 0.3) is 0 Å². The van der Waals surface area contributed by atoms with E-state index in [2.05, 4.69) is 4.74 Å². The Morgan fingerprint density at radius 2 is 1.85 bits per heavy atom. The minimum atomic E-state index is -0.811. The van der Waals surface area contributed by atoms with Crippen molar-refractivity contribution in [1.82, 2.24) is 0 Å². The second-order valence-corrected chi connectivity index (χ2v) is 4.45. The lowest BCUT2D eigenvalue weighted by Gasteiger charge is -2.13. The number of phenolic OH excluding ortho intramolecular Hbond substituents is 1. The highest BCUT2D eigenvalue weighted by Crippen LogP contribution is 2.27. The van der Waals surface area contributed by atoms with Gasteiger partial charge >= 0.3 is 5.97 Å². The van der Waals surface area contributed by atoms with E-state index in [-0.39, 0.29) is 12.2 Å². The van der Waals surface area contributed by atoms with E-state index in [1.165, 1.54) is 13.2 Å². The van der Waals surface area contributed by atoms with E-state index in [0.29, 0.717) is 11.1 Å². The fourth-order valence-corrected chi connectivity index (χ4v) is 1.96. The first kappa shape index (κ1) is 14.1. The van der Waals surface area contributed by atoms with Crippen molar-refractivity contribution < 1.29 is 19.7 Å². The number of carbonyl (C=O) groups is 1. The first-order chi connectivity index (χ1) is 9.61. The van der Waals surface area contributed by atoms with E-state index in [1.807, 2.05) is 30.3 Å². The third kappa shape index (κ3) is 3.16. The fraction of sp³-hybridized carbons (Fsp3) is 0.188. The molecule has 2 N–H and O–H groups in total. The van der Waals surface area contributed by atoms with E-state index in [1.54, 1.807) is 12.1 Å². The molecule has 0 fully saturated rings. The number of aliphatic hydroxyl groups is 1. The van der Waals surface area contributed by atoms with Crippen molar-refractivity contribution >= 4 is 5.97 Å². The number of ether oxygens (including phenoxy) is 1. The van der Waals surface area contributed by atoms with Crippen molar-refractivity contribution in [2.24, 2.45) is 0 Å². The number of rotatable bonds is 4. The molecule has 2 aromatic rings. The minimum absolute atomic E-state index is 0.00401. The lowest BCUT2D eigenvalue weighted by molar-refractivity contribution is -0.139. The molecule has 0 amide bonds. The van der Waals surface area contributed by atoms with Gasteiger partial charge in [0.2, 0.25) is 0 Å². The van der Waals surface area contributed by atoms with E-state index in [4.69, 9.17) is 0 Å². The van der Waals surface area contributed by atoms with Gasteiger partial charge in [-0.15, -0.1) is 0 Å². The molecule has 0 aliphatic carbocycles. The SMILES string of the molecule is COC(=O)Cc1ccc(C(O)c2ccccc2)cc1O. The third-order valence-electron chi connectivity index (χ3n) is 3.10. The fourth-order valence-electron chi connectivity index (χ4n) is 1.96. The van der Waals surface area contributed by atoms with Crippen LogP contribution >= 0.6 is 0 Å². The largest absolute Gasteiger partial charge is 0.508 e. The summed E-state index contributed by atoms with van der Waals surface area (Å²) in [6.07, 6.45) is -0.807. The van der Waals surface area contributed by atoms with Crippen LogP contribution in [-0.4, -0.2) is 23.3 Å². The molecule has 2 aromatic carbocycles. The monoisotopic (exact) mass is 272 g/mol.